The Morgan fingerprint density at radius 3 is 1.42 bits per heavy atom. The predicted octanol–water partition coefficient (Wildman–Crippen LogP) is 13.0. The molecule has 276 valence electrons. The van der Waals surface area contributed by atoms with Gasteiger partial charge < -0.3 is 14.6 Å². The van der Waals surface area contributed by atoms with Crippen molar-refractivity contribution in [1.82, 2.24) is 0 Å². The number of carbonyl (C=O) groups is 1. The van der Waals surface area contributed by atoms with Gasteiger partial charge in [0.15, 0.2) is 0 Å². The van der Waals surface area contributed by atoms with Crippen LogP contribution in [-0.2, 0) is 14.3 Å². The maximum atomic E-state index is 12.1. The molecule has 1 atom stereocenters. The number of ether oxygens (including phenoxy) is 2. The van der Waals surface area contributed by atoms with E-state index in [1.165, 1.54) is 89.9 Å². The fraction of sp³-hybridized carbons (Fsp3) is 0.705. The lowest BCUT2D eigenvalue weighted by Crippen LogP contribution is -2.27. The van der Waals surface area contributed by atoms with Crippen LogP contribution in [0.3, 0.4) is 0 Å². The lowest BCUT2D eigenvalue weighted by molar-refractivity contribution is -0.154. The zero-order valence-electron chi connectivity index (χ0n) is 31.5. The summed E-state index contributed by atoms with van der Waals surface area (Å²) in [7, 11) is 0. The Morgan fingerprint density at radius 2 is 0.938 bits per heavy atom. The van der Waals surface area contributed by atoms with E-state index in [0.717, 1.165) is 64.2 Å². The van der Waals surface area contributed by atoms with Gasteiger partial charge in [-0.25, -0.2) is 0 Å². The molecule has 0 aliphatic heterocycles. The van der Waals surface area contributed by atoms with E-state index >= 15 is 0 Å². The van der Waals surface area contributed by atoms with Gasteiger partial charge in [-0.1, -0.05) is 177 Å². The number of hydrogen-bond acceptors (Lipinski definition) is 4. The van der Waals surface area contributed by atoms with E-state index in [2.05, 4.69) is 86.8 Å². The highest BCUT2D eigenvalue weighted by atomic mass is 16.6. The lowest BCUT2D eigenvalue weighted by Gasteiger charge is -2.16. The van der Waals surface area contributed by atoms with Crippen molar-refractivity contribution in [3.05, 3.63) is 72.9 Å². The number of esters is 1. The van der Waals surface area contributed by atoms with Crippen molar-refractivity contribution < 1.29 is 19.4 Å². The molecule has 0 aliphatic rings. The summed E-state index contributed by atoms with van der Waals surface area (Å²) in [5.41, 5.74) is 0. The molecule has 0 bridgehead atoms. The Balaban J connectivity index is 3.50. The molecule has 0 aliphatic carbocycles. The van der Waals surface area contributed by atoms with E-state index in [-0.39, 0.29) is 19.2 Å². The molecule has 0 aromatic rings. The maximum Gasteiger partial charge on any atom is 0.306 e. The topological polar surface area (TPSA) is 55.8 Å². The van der Waals surface area contributed by atoms with Crippen molar-refractivity contribution in [2.75, 3.05) is 19.8 Å². The Bertz CT molecular complexity index is 835. The van der Waals surface area contributed by atoms with Gasteiger partial charge in [0, 0.05) is 13.0 Å². The molecule has 0 heterocycles. The van der Waals surface area contributed by atoms with Crippen molar-refractivity contribution in [2.45, 2.75) is 180 Å². The Morgan fingerprint density at radius 1 is 0.521 bits per heavy atom. The van der Waals surface area contributed by atoms with Crippen LogP contribution in [0.15, 0.2) is 72.9 Å². The van der Waals surface area contributed by atoms with Gasteiger partial charge in [-0.05, 0) is 64.2 Å². The molecule has 0 fully saturated rings. The first-order chi connectivity index (χ1) is 23.7. The maximum absolute atomic E-state index is 12.1. The quantitative estimate of drug-likeness (QED) is 0.0410. The number of carbonyl (C=O) groups excluding carboxylic acids is 1. The van der Waals surface area contributed by atoms with Gasteiger partial charge in [-0.3, -0.25) is 4.79 Å². The second-order valence-corrected chi connectivity index (χ2v) is 13.0. The van der Waals surface area contributed by atoms with Crippen LogP contribution in [0.5, 0.6) is 0 Å². The lowest BCUT2D eigenvalue weighted by atomic mass is 10.1. The van der Waals surface area contributed by atoms with Crippen LogP contribution in [0.25, 0.3) is 0 Å². The van der Waals surface area contributed by atoms with Crippen LogP contribution in [0.1, 0.15) is 174 Å². The minimum Gasteiger partial charge on any atom is -0.457 e. The molecule has 1 unspecified atom stereocenters. The molecule has 0 saturated heterocycles. The fourth-order valence-electron chi connectivity index (χ4n) is 5.33. The molecule has 0 radical (unpaired) electrons. The highest BCUT2D eigenvalue weighted by molar-refractivity contribution is 5.69. The summed E-state index contributed by atoms with van der Waals surface area (Å²) < 4.78 is 11.1. The molecule has 0 amide bonds. The monoisotopic (exact) mass is 669 g/mol. The molecule has 4 nitrogen and oxygen atoms in total. The van der Waals surface area contributed by atoms with E-state index in [1.54, 1.807) is 0 Å². The zero-order chi connectivity index (χ0) is 34.9. The first kappa shape index (κ1) is 45.8. The molecule has 0 spiro atoms. The minimum absolute atomic E-state index is 0.178. The molecular weight excluding hydrogens is 592 g/mol. The zero-order valence-corrected chi connectivity index (χ0v) is 31.5. The molecule has 4 heteroatoms. The van der Waals surface area contributed by atoms with Gasteiger partial charge in [0.2, 0.25) is 0 Å². The summed E-state index contributed by atoms with van der Waals surface area (Å²) in [6, 6.07) is 0. The van der Waals surface area contributed by atoms with E-state index in [1.807, 2.05) is 0 Å². The van der Waals surface area contributed by atoms with E-state index in [0.29, 0.717) is 13.0 Å². The summed E-state index contributed by atoms with van der Waals surface area (Å²) in [5, 5.41) is 9.55. The van der Waals surface area contributed by atoms with Gasteiger partial charge in [-0.2, -0.15) is 0 Å². The largest absolute Gasteiger partial charge is 0.457 e. The average molecular weight is 669 g/mol. The molecule has 1 N–H and O–H groups in total. The van der Waals surface area contributed by atoms with Gasteiger partial charge in [-0.15, -0.1) is 0 Å². The van der Waals surface area contributed by atoms with Crippen LogP contribution in [0, 0.1) is 0 Å². The van der Waals surface area contributed by atoms with E-state index in [9.17, 15) is 9.90 Å². The highest BCUT2D eigenvalue weighted by Gasteiger charge is 2.13. The first-order valence-corrected chi connectivity index (χ1v) is 20.0. The predicted molar refractivity (Wildman–Crippen MR) is 209 cm³/mol. The average Bonchev–Trinajstić information content (AvgIpc) is 3.09. The molecular formula is C44H76O4. The standard InChI is InChI=1S/C44H76O4/c1-3-5-7-9-11-13-15-16-17-18-19-20-21-22-23-24-25-26-27-28-29-30-32-34-36-38-40-47-42-43(41-45)48-44(46)39-37-35-33-31-14-12-10-8-6-4-2/h5,7,11,13,16-17,19-20,22-23,25-26,43,45H,3-4,6,8-10,12,14-15,18,21,24,27-42H2,1-2H3/b7-5-,13-11-,17-16-,20-19-,23-22-,26-25-. The third kappa shape index (κ3) is 38.3. The summed E-state index contributed by atoms with van der Waals surface area (Å²) in [6.45, 7) is 5.19. The van der Waals surface area contributed by atoms with Crippen molar-refractivity contribution in [1.29, 1.82) is 0 Å². The molecule has 0 aromatic heterocycles. The van der Waals surface area contributed by atoms with Gasteiger partial charge in [0.25, 0.3) is 0 Å². The Hall–Kier alpha value is -2.17. The molecule has 48 heavy (non-hydrogen) atoms. The molecule has 0 rings (SSSR count). The van der Waals surface area contributed by atoms with Crippen LogP contribution < -0.4 is 0 Å². The number of unbranched alkanes of at least 4 members (excludes halogenated alkanes) is 16. The fourth-order valence-corrected chi connectivity index (χ4v) is 5.33. The smallest absolute Gasteiger partial charge is 0.306 e. The van der Waals surface area contributed by atoms with Crippen LogP contribution in [0.2, 0.25) is 0 Å². The highest BCUT2D eigenvalue weighted by Crippen LogP contribution is 2.12. The molecule has 0 saturated carbocycles. The minimum atomic E-state index is -0.540. The van der Waals surface area contributed by atoms with Gasteiger partial charge in [0.05, 0.1) is 13.2 Å². The normalized spacial score (nSPS) is 13.1. The first-order valence-electron chi connectivity index (χ1n) is 20.0. The Labute approximate surface area is 297 Å². The van der Waals surface area contributed by atoms with Gasteiger partial charge in [0.1, 0.15) is 6.10 Å². The number of allylic oxidation sites excluding steroid dienone is 12. The van der Waals surface area contributed by atoms with Crippen molar-refractivity contribution in [3.8, 4) is 0 Å². The van der Waals surface area contributed by atoms with Crippen molar-refractivity contribution in [2.24, 2.45) is 0 Å². The summed E-state index contributed by atoms with van der Waals surface area (Å²) >= 11 is 0. The van der Waals surface area contributed by atoms with Crippen LogP contribution >= 0.6 is 0 Å². The third-order valence-electron chi connectivity index (χ3n) is 8.30. The molecule has 0 aromatic carbocycles. The number of rotatable bonds is 36. The SMILES string of the molecule is CC/C=C\C/C=C\C/C=C\C/C=C\C/C=C\C/C=C\CCCCCCCCCOCC(CO)OC(=O)CCCCCCCCCCCC. The number of aliphatic hydroxyl groups is 1. The summed E-state index contributed by atoms with van der Waals surface area (Å²) in [4.78, 5) is 12.1. The Kier molecular flexibility index (Phi) is 39.1. The number of aliphatic hydroxyl groups excluding tert-OH is 1. The van der Waals surface area contributed by atoms with Crippen LogP contribution in [0.4, 0.5) is 0 Å². The van der Waals surface area contributed by atoms with Gasteiger partial charge >= 0.3 is 5.97 Å². The second kappa shape index (κ2) is 41.0. The summed E-state index contributed by atoms with van der Waals surface area (Å²) in [6.07, 6.45) is 55.3. The van der Waals surface area contributed by atoms with E-state index < -0.39 is 6.10 Å². The van der Waals surface area contributed by atoms with Crippen molar-refractivity contribution >= 4 is 5.97 Å². The second-order valence-electron chi connectivity index (χ2n) is 13.0. The summed E-state index contributed by atoms with van der Waals surface area (Å²) in [5.74, 6) is -0.210. The third-order valence-corrected chi connectivity index (χ3v) is 8.30. The van der Waals surface area contributed by atoms with E-state index in [4.69, 9.17) is 9.47 Å². The van der Waals surface area contributed by atoms with Crippen LogP contribution in [-0.4, -0.2) is 37.0 Å². The van der Waals surface area contributed by atoms with Crippen molar-refractivity contribution in [3.63, 3.8) is 0 Å². The number of hydrogen-bond donors (Lipinski definition) is 1.